The molecule has 0 spiro atoms. The van der Waals surface area contributed by atoms with Crippen LogP contribution in [0.5, 0.6) is 0 Å². The number of para-hydroxylation sites is 1. The lowest BCUT2D eigenvalue weighted by atomic mass is 10.0. The van der Waals surface area contributed by atoms with Gasteiger partial charge in [0.15, 0.2) is 0 Å². The lowest BCUT2D eigenvalue weighted by molar-refractivity contribution is 0.469. The molecule has 1 aromatic carbocycles. The average molecular weight is 324 g/mol. The van der Waals surface area contributed by atoms with E-state index in [-0.39, 0.29) is 16.9 Å². The summed E-state index contributed by atoms with van der Waals surface area (Å²) in [6, 6.07) is 10.6. The fraction of sp³-hybridized carbons (Fsp3) is 0.333. The first-order valence-corrected chi connectivity index (χ1v) is 9.14. The van der Waals surface area contributed by atoms with Crippen LogP contribution in [0.3, 0.4) is 0 Å². The van der Waals surface area contributed by atoms with E-state index in [0.717, 1.165) is 4.88 Å². The number of sulfonamides is 1. The number of rotatable bonds is 6. The van der Waals surface area contributed by atoms with Gasteiger partial charge < -0.3 is 5.32 Å². The molecule has 114 valence electrons. The second-order valence-electron chi connectivity index (χ2n) is 5.10. The Bertz CT molecular complexity index is 679. The van der Waals surface area contributed by atoms with Crippen LogP contribution in [0.2, 0.25) is 0 Å². The van der Waals surface area contributed by atoms with Crippen molar-refractivity contribution >= 4 is 27.0 Å². The third kappa shape index (κ3) is 3.64. The van der Waals surface area contributed by atoms with E-state index in [0.29, 0.717) is 5.69 Å². The van der Waals surface area contributed by atoms with E-state index >= 15 is 0 Å². The van der Waals surface area contributed by atoms with Gasteiger partial charge in [-0.15, -0.1) is 11.3 Å². The van der Waals surface area contributed by atoms with E-state index < -0.39 is 10.0 Å². The minimum Gasteiger partial charge on any atom is -0.387 e. The maximum absolute atomic E-state index is 12.7. The Labute approximate surface area is 130 Å². The topological polar surface area (TPSA) is 58.2 Å². The highest BCUT2D eigenvalue weighted by atomic mass is 32.2. The molecule has 0 amide bonds. The molecular formula is C15H20N2O2S2. The first kappa shape index (κ1) is 16.0. The Morgan fingerprint density at radius 3 is 2.38 bits per heavy atom. The Morgan fingerprint density at radius 1 is 1.10 bits per heavy atom. The Kier molecular flexibility index (Phi) is 5.03. The van der Waals surface area contributed by atoms with Gasteiger partial charge in [-0.1, -0.05) is 32.0 Å². The van der Waals surface area contributed by atoms with Gasteiger partial charge in [0, 0.05) is 11.9 Å². The first-order chi connectivity index (χ1) is 9.95. The zero-order valence-corrected chi connectivity index (χ0v) is 14.0. The van der Waals surface area contributed by atoms with Crippen molar-refractivity contribution in [2.75, 3.05) is 12.4 Å². The highest BCUT2D eigenvalue weighted by Gasteiger charge is 2.26. The molecule has 6 heteroatoms. The predicted molar refractivity (Wildman–Crippen MR) is 88.2 cm³/mol. The summed E-state index contributed by atoms with van der Waals surface area (Å²) in [7, 11) is -1.86. The third-order valence-corrected chi connectivity index (χ3v) is 5.70. The molecule has 0 saturated heterocycles. The van der Waals surface area contributed by atoms with Crippen molar-refractivity contribution in [3.8, 4) is 0 Å². The van der Waals surface area contributed by atoms with Gasteiger partial charge in [0.25, 0.3) is 0 Å². The van der Waals surface area contributed by atoms with Gasteiger partial charge >= 0.3 is 0 Å². The number of thiophene rings is 1. The first-order valence-electron chi connectivity index (χ1n) is 6.78. The number of nitrogens with one attached hydrogen (secondary N) is 2. The molecule has 0 aliphatic heterocycles. The molecule has 2 aromatic rings. The second-order valence-corrected chi connectivity index (χ2v) is 7.77. The van der Waals surface area contributed by atoms with Crippen molar-refractivity contribution in [1.29, 1.82) is 0 Å². The summed E-state index contributed by atoms with van der Waals surface area (Å²) >= 11 is 1.56. The highest BCUT2D eigenvalue weighted by Crippen LogP contribution is 2.29. The summed E-state index contributed by atoms with van der Waals surface area (Å²) in [5.41, 5.74) is 0.596. The lowest BCUT2D eigenvalue weighted by Crippen LogP contribution is -2.31. The van der Waals surface area contributed by atoms with Gasteiger partial charge in [-0.05, 0) is 29.5 Å². The highest BCUT2D eigenvalue weighted by molar-refractivity contribution is 7.89. The van der Waals surface area contributed by atoms with E-state index in [9.17, 15) is 8.42 Å². The molecule has 2 N–H and O–H groups in total. The van der Waals surface area contributed by atoms with Gasteiger partial charge in [0.2, 0.25) is 10.0 Å². The molecule has 0 saturated carbocycles. The van der Waals surface area contributed by atoms with E-state index in [4.69, 9.17) is 0 Å². The van der Waals surface area contributed by atoms with Crippen LogP contribution in [0.15, 0.2) is 46.7 Å². The molecule has 1 unspecified atom stereocenters. The Balaban J connectivity index is 2.35. The van der Waals surface area contributed by atoms with Gasteiger partial charge in [0.05, 0.1) is 11.7 Å². The Morgan fingerprint density at radius 2 is 1.81 bits per heavy atom. The van der Waals surface area contributed by atoms with Crippen LogP contribution in [-0.2, 0) is 10.0 Å². The van der Waals surface area contributed by atoms with E-state index in [2.05, 4.69) is 10.0 Å². The van der Waals surface area contributed by atoms with Gasteiger partial charge in [-0.25, -0.2) is 13.1 Å². The van der Waals surface area contributed by atoms with Crippen molar-refractivity contribution in [3.05, 3.63) is 46.7 Å². The van der Waals surface area contributed by atoms with Crippen molar-refractivity contribution in [2.45, 2.75) is 24.8 Å². The summed E-state index contributed by atoms with van der Waals surface area (Å²) in [4.78, 5) is 1.30. The van der Waals surface area contributed by atoms with Gasteiger partial charge in [0.1, 0.15) is 4.90 Å². The maximum atomic E-state index is 12.7. The smallest absolute Gasteiger partial charge is 0.243 e. The SMILES string of the molecule is CNc1ccccc1S(=O)(=O)NC(c1cccs1)C(C)C. The number of hydrogen-bond acceptors (Lipinski definition) is 4. The molecule has 1 aromatic heterocycles. The zero-order valence-electron chi connectivity index (χ0n) is 12.3. The van der Waals surface area contributed by atoms with Crippen LogP contribution in [0.4, 0.5) is 5.69 Å². The standard InChI is InChI=1S/C15H20N2O2S2/c1-11(2)15(13-8-6-10-20-13)17-21(18,19)14-9-5-4-7-12(14)16-3/h4-11,15-17H,1-3H3. The van der Waals surface area contributed by atoms with Crippen molar-refractivity contribution in [2.24, 2.45) is 5.92 Å². The zero-order chi connectivity index (χ0) is 15.5. The summed E-state index contributed by atoms with van der Waals surface area (Å²) in [6.07, 6.45) is 0. The summed E-state index contributed by atoms with van der Waals surface area (Å²) in [5, 5.41) is 4.88. The fourth-order valence-electron chi connectivity index (χ4n) is 2.13. The van der Waals surface area contributed by atoms with Crippen LogP contribution < -0.4 is 10.0 Å². The molecule has 1 atom stereocenters. The monoisotopic (exact) mass is 324 g/mol. The lowest BCUT2D eigenvalue weighted by Gasteiger charge is -2.22. The average Bonchev–Trinajstić information content (AvgIpc) is 2.98. The van der Waals surface area contributed by atoms with E-state index in [1.165, 1.54) is 0 Å². The molecule has 0 radical (unpaired) electrons. The summed E-state index contributed by atoms with van der Waals surface area (Å²) < 4.78 is 28.2. The minimum absolute atomic E-state index is 0.167. The number of hydrogen-bond donors (Lipinski definition) is 2. The molecule has 4 nitrogen and oxygen atoms in total. The van der Waals surface area contributed by atoms with Crippen LogP contribution in [-0.4, -0.2) is 15.5 Å². The van der Waals surface area contributed by atoms with Crippen LogP contribution in [0.1, 0.15) is 24.8 Å². The van der Waals surface area contributed by atoms with Gasteiger partial charge in [-0.2, -0.15) is 0 Å². The summed E-state index contributed by atoms with van der Waals surface area (Å²) in [6.45, 7) is 4.02. The van der Waals surface area contributed by atoms with Crippen LogP contribution in [0.25, 0.3) is 0 Å². The molecule has 21 heavy (non-hydrogen) atoms. The second kappa shape index (κ2) is 6.60. The molecule has 0 aliphatic rings. The minimum atomic E-state index is -3.58. The Hall–Kier alpha value is -1.37. The number of anilines is 1. The van der Waals surface area contributed by atoms with Crippen molar-refractivity contribution in [1.82, 2.24) is 4.72 Å². The van der Waals surface area contributed by atoms with E-state index in [1.54, 1.807) is 36.6 Å². The normalized spacial score (nSPS) is 13.3. The van der Waals surface area contributed by atoms with E-state index in [1.807, 2.05) is 37.4 Å². The summed E-state index contributed by atoms with van der Waals surface area (Å²) in [5.74, 6) is 0.167. The molecular weight excluding hydrogens is 304 g/mol. The van der Waals surface area contributed by atoms with Crippen molar-refractivity contribution < 1.29 is 8.42 Å². The largest absolute Gasteiger partial charge is 0.387 e. The quantitative estimate of drug-likeness (QED) is 0.855. The molecule has 0 aliphatic carbocycles. The predicted octanol–water partition coefficient (Wildman–Crippen LogP) is 3.47. The molecule has 0 bridgehead atoms. The molecule has 1 heterocycles. The van der Waals surface area contributed by atoms with Crippen LogP contribution in [0, 0.1) is 5.92 Å². The molecule has 0 fully saturated rings. The van der Waals surface area contributed by atoms with Crippen molar-refractivity contribution in [3.63, 3.8) is 0 Å². The molecule has 2 rings (SSSR count). The third-order valence-electron chi connectivity index (χ3n) is 3.24. The maximum Gasteiger partial charge on any atom is 0.243 e. The van der Waals surface area contributed by atoms with Gasteiger partial charge in [-0.3, -0.25) is 0 Å². The van der Waals surface area contributed by atoms with Crippen LogP contribution >= 0.6 is 11.3 Å². The fourth-order valence-corrected chi connectivity index (χ4v) is 4.73. The number of benzene rings is 1.